The van der Waals surface area contributed by atoms with Crippen LogP contribution in [0.2, 0.25) is 0 Å². The van der Waals surface area contributed by atoms with Crippen molar-refractivity contribution in [3.05, 3.63) is 36.0 Å². The number of aromatic nitrogens is 1. The average molecular weight is 256 g/mol. The van der Waals surface area contributed by atoms with Crippen molar-refractivity contribution in [2.45, 2.75) is 38.6 Å². The molecule has 1 aromatic carbocycles. The molecule has 1 heterocycles. The van der Waals surface area contributed by atoms with Crippen molar-refractivity contribution in [1.82, 2.24) is 10.3 Å². The Balaban J connectivity index is 1.69. The Morgan fingerprint density at radius 2 is 2.00 bits per heavy atom. The third kappa shape index (κ3) is 2.65. The molecule has 0 radical (unpaired) electrons. The van der Waals surface area contributed by atoms with Crippen molar-refractivity contribution >= 4 is 16.8 Å². The maximum absolute atomic E-state index is 12.2. The lowest BCUT2D eigenvalue weighted by Crippen LogP contribution is -2.37. The first-order valence-electron chi connectivity index (χ1n) is 7.10. The minimum absolute atomic E-state index is 0.0580. The van der Waals surface area contributed by atoms with Gasteiger partial charge in [-0.25, -0.2) is 0 Å². The molecule has 19 heavy (non-hydrogen) atoms. The normalized spacial score (nSPS) is 23.4. The number of rotatable bonds is 2. The van der Waals surface area contributed by atoms with E-state index in [2.05, 4.69) is 17.2 Å². The van der Waals surface area contributed by atoms with Gasteiger partial charge in [0.1, 0.15) is 0 Å². The van der Waals surface area contributed by atoms with Crippen LogP contribution in [0.5, 0.6) is 0 Å². The number of benzene rings is 1. The summed E-state index contributed by atoms with van der Waals surface area (Å²) in [6.07, 6.45) is 6.57. The first-order valence-corrected chi connectivity index (χ1v) is 7.10. The van der Waals surface area contributed by atoms with Crippen LogP contribution in [0.1, 0.15) is 43.0 Å². The Morgan fingerprint density at radius 3 is 2.79 bits per heavy atom. The summed E-state index contributed by atoms with van der Waals surface area (Å²) in [5.74, 6) is 0.868. The van der Waals surface area contributed by atoms with E-state index in [0.717, 1.165) is 35.2 Å². The number of hydrogen-bond acceptors (Lipinski definition) is 1. The molecule has 1 saturated carbocycles. The van der Waals surface area contributed by atoms with Gasteiger partial charge in [-0.15, -0.1) is 0 Å². The van der Waals surface area contributed by atoms with Crippen LogP contribution in [-0.2, 0) is 0 Å². The molecule has 2 aromatic rings. The fourth-order valence-corrected chi connectivity index (χ4v) is 2.87. The fourth-order valence-electron chi connectivity index (χ4n) is 2.87. The zero-order chi connectivity index (χ0) is 13.2. The maximum Gasteiger partial charge on any atom is 0.251 e. The Kier molecular flexibility index (Phi) is 3.28. The van der Waals surface area contributed by atoms with Crippen LogP contribution in [0.25, 0.3) is 10.9 Å². The second-order valence-electron chi connectivity index (χ2n) is 5.71. The van der Waals surface area contributed by atoms with Crippen LogP contribution in [0.4, 0.5) is 0 Å². The molecular formula is C16H20N2O. The monoisotopic (exact) mass is 256 g/mol. The number of hydrogen-bond donors (Lipinski definition) is 2. The van der Waals surface area contributed by atoms with Crippen molar-refractivity contribution < 1.29 is 4.79 Å². The lowest BCUT2D eigenvalue weighted by Gasteiger charge is -2.26. The van der Waals surface area contributed by atoms with Crippen LogP contribution in [-0.4, -0.2) is 16.9 Å². The number of nitrogens with one attached hydrogen (secondary N) is 2. The largest absolute Gasteiger partial charge is 0.361 e. The molecule has 3 nitrogen and oxygen atoms in total. The van der Waals surface area contributed by atoms with Gasteiger partial charge in [0.25, 0.3) is 5.91 Å². The van der Waals surface area contributed by atoms with Gasteiger partial charge in [0.2, 0.25) is 0 Å². The highest BCUT2D eigenvalue weighted by Gasteiger charge is 2.20. The molecule has 3 heteroatoms. The van der Waals surface area contributed by atoms with E-state index < -0.39 is 0 Å². The molecule has 0 unspecified atom stereocenters. The standard InChI is InChI=1S/C16H20N2O/c1-11-2-5-14(6-3-11)18-16(19)13-4-7-15-12(10-13)8-9-17-15/h4,7-11,14,17H,2-3,5-6H2,1H3,(H,18,19). The van der Waals surface area contributed by atoms with Crippen LogP contribution in [0.3, 0.4) is 0 Å². The van der Waals surface area contributed by atoms with E-state index in [0.29, 0.717) is 6.04 Å². The number of H-pyrrole nitrogens is 1. The zero-order valence-corrected chi connectivity index (χ0v) is 11.3. The summed E-state index contributed by atoms with van der Waals surface area (Å²) >= 11 is 0. The van der Waals surface area contributed by atoms with Gasteiger partial charge in [-0.3, -0.25) is 4.79 Å². The SMILES string of the molecule is CC1CCC(NC(=O)c2ccc3[nH]ccc3c2)CC1. The molecule has 0 atom stereocenters. The topological polar surface area (TPSA) is 44.9 Å². The van der Waals surface area contributed by atoms with E-state index in [1.54, 1.807) is 0 Å². The molecule has 1 aliphatic rings. The summed E-state index contributed by atoms with van der Waals surface area (Å²) < 4.78 is 0. The third-order valence-corrected chi connectivity index (χ3v) is 4.17. The van der Waals surface area contributed by atoms with E-state index in [1.165, 1.54) is 12.8 Å². The summed E-state index contributed by atoms with van der Waals surface area (Å²) in [7, 11) is 0. The zero-order valence-electron chi connectivity index (χ0n) is 11.3. The summed E-state index contributed by atoms with van der Waals surface area (Å²) in [6, 6.07) is 8.15. The molecule has 0 aliphatic heterocycles. The molecule has 1 amide bonds. The molecule has 0 spiro atoms. The van der Waals surface area contributed by atoms with Gasteiger partial charge in [-0.2, -0.15) is 0 Å². The van der Waals surface area contributed by atoms with Crippen LogP contribution in [0.15, 0.2) is 30.5 Å². The molecular weight excluding hydrogens is 236 g/mol. The van der Waals surface area contributed by atoms with Gasteiger partial charge in [0, 0.05) is 28.7 Å². The van der Waals surface area contributed by atoms with Crippen molar-refractivity contribution in [2.75, 3.05) is 0 Å². The minimum atomic E-state index is 0.0580. The molecule has 1 aromatic heterocycles. The smallest absolute Gasteiger partial charge is 0.251 e. The van der Waals surface area contributed by atoms with E-state index in [9.17, 15) is 4.79 Å². The van der Waals surface area contributed by atoms with Crippen molar-refractivity contribution in [2.24, 2.45) is 5.92 Å². The highest BCUT2D eigenvalue weighted by atomic mass is 16.1. The first kappa shape index (κ1) is 12.3. The number of carbonyl (C=O) groups is 1. The van der Waals surface area contributed by atoms with E-state index in [-0.39, 0.29) is 5.91 Å². The molecule has 1 fully saturated rings. The fraction of sp³-hybridized carbons (Fsp3) is 0.438. The van der Waals surface area contributed by atoms with Crippen LogP contribution in [0, 0.1) is 5.92 Å². The van der Waals surface area contributed by atoms with E-state index in [1.807, 2.05) is 30.5 Å². The lowest BCUT2D eigenvalue weighted by atomic mass is 9.87. The Morgan fingerprint density at radius 1 is 1.21 bits per heavy atom. The third-order valence-electron chi connectivity index (χ3n) is 4.17. The first-order chi connectivity index (χ1) is 9.22. The van der Waals surface area contributed by atoms with Crippen molar-refractivity contribution in [3.63, 3.8) is 0 Å². The lowest BCUT2D eigenvalue weighted by molar-refractivity contribution is 0.0923. The molecule has 0 bridgehead atoms. The predicted octanol–water partition coefficient (Wildman–Crippen LogP) is 3.48. The molecule has 2 N–H and O–H groups in total. The minimum Gasteiger partial charge on any atom is -0.361 e. The van der Waals surface area contributed by atoms with Gasteiger partial charge < -0.3 is 10.3 Å². The van der Waals surface area contributed by atoms with Gasteiger partial charge in [-0.1, -0.05) is 6.92 Å². The number of amides is 1. The van der Waals surface area contributed by atoms with Crippen LogP contribution < -0.4 is 5.32 Å². The van der Waals surface area contributed by atoms with Gasteiger partial charge in [0.05, 0.1) is 0 Å². The average Bonchev–Trinajstić information content (AvgIpc) is 2.88. The summed E-state index contributed by atoms with van der Waals surface area (Å²) in [5.41, 5.74) is 1.83. The van der Waals surface area contributed by atoms with Crippen molar-refractivity contribution in [3.8, 4) is 0 Å². The second kappa shape index (κ2) is 5.08. The van der Waals surface area contributed by atoms with Crippen molar-refractivity contribution in [1.29, 1.82) is 0 Å². The molecule has 100 valence electrons. The summed E-state index contributed by atoms with van der Waals surface area (Å²) in [4.78, 5) is 15.4. The van der Waals surface area contributed by atoms with Crippen LogP contribution >= 0.6 is 0 Å². The Bertz CT molecular complexity index is 579. The molecule has 0 saturated heterocycles. The highest BCUT2D eigenvalue weighted by molar-refractivity contribution is 5.98. The Hall–Kier alpha value is -1.77. The number of aromatic amines is 1. The summed E-state index contributed by atoms with van der Waals surface area (Å²) in [6.45, 7) is 2.29. The quantitative estimate of drug-likeness (QED) is 0.849. The van der Waals surface area contributed by atoms with E-state index >= 15 is 0 Å². The van der Waals surface area contributed by atoms with Gasteiger partial charge >= 0.3 is 0 Å². The molecule has 1 aliphatic carbocycles. The van der Waals surface area contributed by atoms with Gasteiger partial charge in [0.15, 0.2) is 0 Å². The van der Waals surface area contributed by atoms with Gasteiger partial charge in [-0.05, 0) is 55.9 Å². The second-order valence-corrected chi connectivity index (χ2v) is 5.71. The predicted molar refractivity (Wildman–Crippen MR) is 77.2 cm³/mol. The maximum atomic E-state index is 12.2. The number of carbonyl (C=O) groups excluding carboxylic acids is 1. The highest BCUT2D eigenvalue weighted by Crippen LogP contribution is 2.24. The Labute approximate surface area is 113 Å². The number of fused-ring (bicyclic) bond motifs is 1. The summed E-state index contributed by atoms with van der Waals surface area (Å²) in [5, 5.41) is 4.25. The van der Waals surface area contributed by atoms with E-state index in [4.69, 9.17) is 0 Å². The molecule has 3 rings (SSSR count).